The first-order valence-corrected chi connectivity index (χ1v) is 18.0. The molecule has 0 spiro atoms. The lowest BCUT2D eigenvalue weighted by atomic mass is 10.0. The molecule has 0 aliphatic rings. The van der Waals surface area contributed by atoms with Crippen molar-refractivity contribution >= 4 is 0 Å². The summed E-state index contributed by atoms with van der Waals surface area (Å²) in [6.07, 6.45) is 46.8. The molecule has 0 fully saturated rings. The molecule has 0 aromatic carbocycles. The zero-order valence-corrected chi connectivity index (χ0v) is 26.5. The topological polar surface area (TPSA) is 26.0 Å². The highest BCUT2D eigenvalue weighted by Crippen LogP contribution is 2.17. The lowest BCUT2D eigenvalue weighted by Gasteiger charge is -2.05. The van der Waals surface area contributed by atoms with Gasteiger partial charge in [-0.1, -0.05) is 213 Å². The predicted octanol–water partition coefficient (Wildman–Crippen LogP) is 13.1. The Morgan fingerprint density at radius 1 is 0.270 bits per heavy atom. The number of hydrogen-bond donors (Lipinski definition) is 1. The minimum Gasteiger partial charge on any atom is -0.330 e. The van der Waals surface area contributed by atoms with E-state index in [9.17, 15) is 0 Å². The fourth-order valence-corrected chi connectivity index (χ4v) is 5.82. The van der Waals surface area contributed by atoms with Gasteiger partial charge in [-0.2, -0.15) is 0 Å². The van der Waals surface area contributed by atoms with Gasteiger partial charge in [0.1, 0.15) is 0 Å². The highest BCUT2D eigenvalue weighted by Gasteiger charge is 1.98. The Balaban J connectivity index is 3.01. The van der Waals surface area contributed by atoms with Crippen molar-refractivity contribution in [2.45, 2.75) is 219 Å². The van der Waals surface area contributed by atoms with Crippen molar-refractivity contribution in [3.8, 4) is 0 Å². The van der Waals surface area contributed by atoms with Crippen molar-refractivity contribution in [2.75, 3.05) is 6.54 Å². The van der Waals surface area contributed by atoms with Gasteiger partial charge in [0.15, 0.2) is 0 Å². The summed E-state index contributed by atoms with van der Waals surface area (Å²) in [4.78, 5) is 0. The first kappa shape index (κ1) is 37.0. The van der Waals surface area contributed by atoms with Crippen molar-refractivity contribution in [3.05, 3.63) is 0 Å². The zero-order valence-electron chi connectivity index (χ0n) is 26.5. The summed E-state index contributed by atoms with van der Waals surface area (Å²) in [5.74, 6) is 0.895. The Labute approximate surface area is 237 Å². The second kappa shape index (κ2) is 34.0. The molecule has 0 saturated carbocycles. The van der Waals surface area contributed by atoms with Crippen molar-refractivity contribution < 1.29 is 0 Å². The van der Waals surface area contributed by atoms with E-state index in [1.165, 1.54) is 205 Å². The lowest BCUT2D eigenvalue weighted by molar-refractivity contribution is 0.500. The highest BCUT2D eigenvalue weighted by molar-refractivity contribution is 4.53. The van der Waals surface area contributed by atoms with Gasteiger partial charge in [-0.05, 0) is 18.9 Å². The van der Waals surface area contributed by atoms with E-state index in [4.69, 9.17) is 5.73 Å². The molecule has 0 atom stereocenters. The van der Waals surface area contributed by atoms with Crippen LogP contribution in [-0.4, -0.2) is 6.54 Å². The van der Waals surface area contributed by atoms with Crippen LogP contribution in [0.5, 0.6) is 0 Å². The minimum absolute atomic E-state index is 0.874. The molecular weight excluding hydrogens is 446 g/mol. The summed E-state index contributed by atoms with van der Waals surface area (Å²) in [5.41, 5.74) is 5.55. The molecule has 0 aromatic heterocycles. The van der Waals surface area contributed by atoms with Crippen LogP contribution in [0.4, 0.5) is 0 Å². The summed E-state index contributed by atoms with van der Waals surface area (Å²) in [6.45, 7) is 5.57. The second-order valence-corrected chi connectivity index (χ2v) is 12.9. The van der Waals surface area contributed by atoms with Crippen molar-refractivity contribution in [1.82, 2.24) is 0 Å². The van der Waals surface area contributed by atoms with Crippen LogP contribution in [0, 0.1) is 5.92 Å². The van der Waals surface area contributed by atoms with E-state index in [0.717, 1.165) is 12.5 Å². The fourth-order valence-electron chi connectivity index (χ4n) is 5.82. The number of nitrogens with two attached hydrogens (primary N) is 1. The molecule has 0 amide bonds. The minimum atomic E-state index is 0.874. The van der Waals surface area contributed by atoms with E-state index in [2.05, 4.69) is 13.8 Å². The van der Waals surface area contributed by atoms with Crippen LogP contribution >= 0.6 is 0 Å². The van der Waals surface area contributed by atoms with Gasteiger partial charge in [-0.3, -0.25) is 0 Å². The van der Waals surface area contributed by atoms with Gasteiger partial charge in [0, 0.05) is 0 Å². The van der Waals surface area contributed by atoms with E-state index in [1.807, 2.05) is 0 Å². The third-order valence-corrected chi connectivity index (χ3v) is 8.49. The monoisotopic (exact) mass is 522 g/mol. The van der Waals surface area contributed by atoms with Crippen LogP contribution in [-0.2, 0) is 0 Å². The first-order chi connectivity index (χ1) is 18.3. The van der Waals surface area contributed by atoms with E-state index in [0.29, 0.717) is 0 Å². The lowest BCUT2D eigenvalue weighted by Crippen LogP contribution is -1.97. The van der Waals surface area contributed by atoms with E-state index < -0.39 is 0 Å². The molecule has 0 bridgehead atoms. The second-order valence-electron chi connectivity index (χ2n) is 12.9. The van der Waals surface area contributed by atoms with Crippen LogP contribution in [0.2, 0.25) is 0 Å². The summed E-state index contributed by atoms with van der Waals surface area (Å²) in [5, 5.41) is 0. The van der Waals surface area contributed by atoms with Gasteiger partial charge in [-0.25, -0.2) is 0 Å². The molecule has 1 heteroatoms. The van der Waals surface area contributed by atoms with Crippen molar-refractivity contribution in [1.29, 1.82) is 0 Å². The fraction of sp³-hybridized carbons (Fsp3) is 1.00. The molecule has 2 N–H and O–H groups in total. The Morgan fingerprint density at radius 3 is 0.595 bits per heavy atom. The van der Waals surface area contributed by atoms with Crippen molar-refractivity contribution in [2.24, 2.45) is 11.7 Å². The molecule has 0 saturated heterocycles. The molecular formula is C36H75N. The van der Waals surface area contributed by atoms with Crippen LogP contribution in [0.15, 0.2) is 0 Å². The third kappa shape index (κ3) is 36.0. The molecule has 0 unspecified atom stereocenters. The summed E-state index contributed by atoms with van der Waals surface area (Å²) in [7, 11) is 0. The quantitative estimate of drug-likeness (QED) is 0.0853. The maximum atomic E-state index is 5.55. The summed E-state index contributed by atoms with van der Waals surface area (Å²) >= 11 is 0. The molecule has 0 rings (SSSR count). The van der Waals surface area contributed by atoms with Gasteiger partial charge >= 0.3 is 0 Å². The molecule has 224 valence electrons. The Hall–Kier alpha value is -0.0400. The maximum absolute atomic E-state index is 5.55. The van der Waals surface area contributed by atoms with Gasteiger partial charge in [-0.15, -0.1) is 0 Å². The molecule has 0 heterocycles. The molecule has 37 heavy (non-hydrogen) atoms. The predicted molar refractivity (Wildman–Crippen MR) is 172 cm³/mol. The maximum Gasteiger partial charge on any atom is -0.00773 e. The van der Waals surface area contributed by atoms with Crippen molar-refractivity contribution in [3.63, 3.8) is 0 Å². The van der Waals surface area contributed by atoms with Crippen LogP contribution in [0.25, 0.3) is 0 Å². The third-order valence-electron chi connectivity index (χ3n) is 8.49. The van der Waals surface area contributed by atoms with E-state index in [-0.39, 0.29) is 0 Å². The van der Waals surface area contributed by atoms with E-state index in [1.54, 1.807) is 0 Å². The Kier molecular flexibility index (Phi) is 34.0. The summed E-state index contributed by atoms with van der Waals surface area (Å²) in [6, 6.07) is 0. The van der Waals surface area contributed by atoms with Crippen LogP contribution < -0.4 is 5.73 Å². The largest absolute Gasteiger partial charge is 0.330 e. The number of rotatable bonds is 33. The van der Waals surface area contributed by atoms with Gasteiger partial charge in [0.25, 0.3) is 0 Å². The molecule has 0 radical (unpaired) electrons. The highest BCUT2D eigenvalue weighted by atomic mass is 14.5. The molecule has 0 aliphatic carbocycles. The zero-order chi connectivity index (χ0) is 26.9. The number of unbranched alkanes of at least 4 members (excludes halogenated alkanes) is 30. The normalized spacial score (nSPS) is 11.7. The molecule has 0 aromatic rings. The van der Waals surface area contributed by atoms with Gasteiger partial charge in [0.2, 0.25) is 0 Å². The Morgan fingerprint density at radius 2 is 0.432 bits per heavy atom. The standard InChI is InChI=1S/C36H75N/c1-36(2)34-32-30-28-26-24-22-20-18-16-14-12-10-8-6-4-3-5-7-9-11-13-15-17-19-21-23-25-27-29-31-33-35-37/h36H,3-35,37H2,1-2H3. The molecule has 0 aliphatic heterocycles. The number of hydrogen-bond acceptors (Lipinski definition) is 1. The van der Waals surface area contributed by atoms with Crippen LogP contribution in [0.3, 0.4) is 0 Å². The van der Waals surface area contributed by atoms with E-state index >= 15 is 0 Å². The Bertz CT molecular complexity index is 377. The SMILES string of the molecule is CC(C)CCCCCCCCCCCCCCCCCCCCCCCCCCCCCCCCCN. The summed E-state index contributed by atoms with van der Waals surface area (Å²) < 4.78 is 0. The smallest absolute Gasteiger partial charge is 0.00773 e. The molecule has 1 nitrogen and oxygen atoms in total. The average Bonchev–Trinajstić information content (AvgIpc) is 2.89. The van der Waals surface area contributed by atoms with Gasteiger partial charge < -0.3 is 5.73 Å². The van der Waals surface area contributed by atoms with Gasteiger partial charge in [0.05, 0.1) is 0 Å². The first-order valence-electron chi connectivity index (χ1n) is 18.0. The van der Waals surface area contributed by atoms with Crippen LogP contribution in [0.1, 0.15) is 219 Å². The average molecular weight is 522 g/mol.